The molecule has 9 heteroatoms. The van der Waals surface area contributed by atoms with Crippen molar-refractivity contribution in [1.29, 1.82) is 0 Å². The minimum absolute atomic E-state index is 0. The van der Waals surface area contributed by atoms with E-state index in [1.807, 2.05) is 0 Å². The average Bonchev–Trinajstić information content (AvgIpc) is 3.16. The van der Waals surface area contributed by atoms with Gasteiger partial charge in [-0.15, -0.1) is 24.0 Å². The molecule has 0 radical (unpaired) electrons. The first kappa shape index (κ1) is 25.9. The lowest BCUT2D eigenvalue weighted by atomic mass is 10.1. The highest BCUT2D eigenvalue weighted by molar-refractivity contribution is 14.0. The molecule has 1 aliphatic rings. The van der Waals surface area contributed by atoms with E-state index < -0.39 is 0 Å². The minimum atomic E-state index is -0.00597. The van der Waals surface area contributed by atoms with Gasteiger partial charge in [0.2, 0.25) is 5.91 Å². The van der Waals surface area contributed by atoms with Crippen molar-refractivity contribution in [3.63, 3.8) is 0 Å². The van der Waals surface area contributed by atoms with Gasteiger partial charge < -0.3 is 25.0 Å². The number of halogens is 2. The van der Waals surface area contributed by atoms with Crippen LogP contribution in [0.1, 0.15) is 19.3 Å². The predicted molar refractivity (Wildman–Crippen MR) is 128 cm³/mol. The second-order valence-corrected chi connectivity index (χ2v) is 7.24. The van der Waals surface area contributed by atoms with Crippen LogP contribution in [0.3, 0.4) is 0 Å². The number of likely N-dealkylation sites (tertiary alicyclic amines) is 1. The molecule has 0 bridgehead atoms. The SMILES string of the molecule is CN=C(NCCCC(=O)Nc1ccc(Cl)cc1)N1CCC(COCCOC)C1.I. The fourth-order valence-electron chi connectivity index (χ4n) is 3.09. The van der Waals surface area contributed by atoms with Crippen LogP contribution in [-0.2, 0) is 14.3 Å². The van der Waals surface area contributed by atoms with Gasteiger partial charge in [0.1, 0.15) is 0 Å². The van der Waals surface area contributed by atoms with E-state index in [9.17, 15) is 4.79 Å². The summed E-state index contributed by atoms with van der Waals surface area (Å²) in [5.74, 6) is 1.40. The fraction of sp³-hybridized carbons (Fsp3) is 0.600. The standard InChI is InChI=1S/C20H31ClN4O3.HI/c1-22-20(25-11-9-16(14-25)15-28-13-12-27-2)23-10-3-4-19(26)24-18-7-5-17(21)6-8-18;/h5-8,16H,3-4,9-15H2,1-2H3,(H,22,23)(H,24,26);1H. The normalized spacial score (nSPS) is 16.4. The Hall–Kier alpha value is -1.10. The lowest BCUT2D eigenvalue weighted by molar-refractivity contribution is -0.116. The van der Waals surface area contributed by atoms with E-state index >= 15 is 0 Å². The third kappa shape index (κ3) is 9.97. The molecular weight excluding hydrogens is 507 g/mol. The van der Waals surface area contributed by atoms with Crippen molar-refractivity contribution in [3.05, 3.63) is 29.3 Å². The molecule has 164 valence electrons. The van der Waals surface area contributed by atoms with E-state index in [0.717, 1.165) is 44.2 Å². The number of hydrogen-bond acceptors (Lipinski definition) is 4. The number of carbonyl (C=O) groups is 1. The van der Waals surface area contributed by atoms with E-state index in [1.54, 1.807) is 38.4 Å². The van der Waals surface area contributed by atoms with Gasteiger partial charge in [0.05, 0.1) is 19.8 Å². The molecule has 2 rings (SSSR count). The number of nitrogens with one attached hydrogen (secondary N) is 2. The topological polar surface area (TPSA) is 75.2 Å². The molecule has 1 unspecified atom stereocenters. The lowest BCUT2D eigenvalue weighted by Crippen LogP contribution is -2.40. The molecule has 1 atom stereocenters. The first-order valence-electron chi connectivity index (χ1n) is 9.70. The predicted octanol–water partition coefficient (Wildman–Crippen LogP) is 3.24. The molecule has 1 saturated heterocycles. The van der Waals surface area contributed by atoms with Gasteiger partial charge >= 0.3 is 0 Å². The summed E-state index contributed by atoms with van der Waals surface area (Å²) in [5, 5.41) is 6.88. The number of anilines is 1. The molecule has 0 saturated carbocycles. The van der Waals surface area contributed by atoms with Gasteiger partial charge in [-0.05, 0) is 37.1 Å². The average molecular weight is 539 g/mol. The third-order valence-corrected chi connectivity index (χ3v) is 4.83. The van der Waals surface area contributed by atoms with Gasteiger partial charge in [-0.2, -0.15) is 0 Å². The molecule has 1 aromatic carbocycles. The first-order valence-corrected chi connectivity index (χ1v) is 10.1. The molecule has 1 aromatic rings. The maximum atomic E-state index is 12.0. The number of carbonyl (C=O) groups excluding carboxylic acids is 1. The van der Waals surface area contributed by atoms with Crippen molar-refractivity contribution in [1.82, 2.24) is 10.2 Å². The van der Waals surface area contributed by atoms with Crippen LogP contribution in [0.5, 0.6) is 0 Å². The number of rotatable bonds is 10. The van der Waals surface area contributed by atoms with E-state index in [0.29, 0.717) is 37.1 Å². The number of hydrogen-bond donors (Lipinski definition) is 2. The molecule has 29 heavy (non-hydrogen) atoms. The maximum Gasteiger partial charge on any atom is 0.224 e. The third-order valence-electron chi connectivity index (χ3n) is 4.57. The van der Waals surface area contributed by atoms with Crippen LogP contribution in [0.25, 0.3) is 0 Å². The van der Waals surface area contributed by atoms with Crippen LogP contribution >= 0.6 is 35.6 Å². The zero-order valence-electron chi connectivity index (χ0n) is 17.2. The highest BCUT2D eigenvalue weighted by Gasteiger charge is 2.24. The van der Waals surface area contributed by atoms with Crippen molar-refractivity contribution in [2.24, 2.45) is 10.9 Å². The molecule has 0 aliphatic carbocycles. The van der Waals surface area contributed by atoms with E-state index in [-0.39, 0.29) is 29.9 Å². The highest BCUT2D eigenvalue weighted by Crippen LogP contribution is 2.17. The Morgan fingerprint density at radius 3 is 2.76 bits per heavy atom. The molecule has 0 spiro atoms. The Morgan fingerprint density at radius 1 is 1.31 bits per heavy atom. The molecule has 1 aliphatic heterocycles. The van der Waals surface area contributed by atoms with Crippen LogP contribution in [0.2, 0.25) is 5.02 Å². The zero-order valence-corrected chi connectivity index (χ0v) is 20.2. The summed E-state index contributed by atoms with van der Waals surface area (Å²) in [5.41, 5.74) is 0.758. The lowest BCUT2D eigenvalue weighted by Gasteiger charge is -2.21. The van der Waals surface area contributed by atoms with Gasteiger partial charge in [-0.25, -0.2) is 0 Å². The van der Waals surface area contributed by atoms with Crippen LogP contribution in [-0.4, -0.2) is 70.4 Å². The van der Waals surface area contributed by atoms with Gasteiger partial charge in [-0.1, -0.05) is 11.6 Å². The molecular formula is C20H32ClIN4O3. The summed E-state index contributed by atoms with van der Waals surface area (Å²) in [4.78, 5) is 18.6. The van der Waals surface area contributed by atoms with Crippen molar-refractivity contribution < 1.29 is 14.3 Å². The zero-order chi connectivity index (χ0) is 20.2. The summed E-state index contributed by atoms with van der Waals surface area (Å²) >= 11 is 5.85. The van der Waals surface area contributed by atoms with Gasteiger partial charge in [0.15, 0.2) is 5.96 Å². The second-order valence-electron chi connectivity index (χ2n) is 6.80. The summed E-state index contributed by atoms with van der Waals surface area (Å²) in [6, 6.07) is 7.11. The number of amides is 1. The Morgan fingerprint density at radius 2 is 2.07 bits per heavy atom. The summed E-state index contributed by atoms with van der Waals surface area (Å²) < 4.78 is 10.6. The molecule has 2 N–H and O–H groups in total. The fourth-order valence-corrected chi connectivity index (χ4v) is 3.22. The molecule has 1 heterocycles. The largest absolute Gasteiger partial charge is 0.382 e. The van der Waals surface area contributed by atoms with Crippen LogP contribution in [0, 0.1) is 5.92 Å². The van der Waals surface area contributed by atoms with Crippen molar-refractivity contribution >= 4 is 53.1 Å². The summed E-state index contributed by atoms with van der Waals surface area (Å²) in [6.07, 6.45) is 2.27. The Labute approximate surface area is 195 Å². The summed E-state index contributed by atoms with van der Waals surface area (Å²) in [6.45, 7) is 4.62. The molecule has 7 nitrogen and oxygen atoms in total. The van der Waals surface area contributed by atoms with Crippen LogP contribution in [0.15, 0.2) is 29.3 Å². The number of aliphatic imine (C=N–C) groups is 1. The smallest absolute Gasteiger partial charge is 0.224 e. The molecule has 0 aromatic heterocycles. The van der Waals surface area contributed by atoms with Crippen molar-refractivity contribution in [3.8, 4) is 0 Å². The Kier molecular flexibility index (Phi) is 13.2. The first-order chi connectivity index (χ1) is 13.6. The second kappa shape index (κ2) is 14.8. The Balaban J connectivity index is 0.00000420. The van der Waals surface area contributed by atoms with Crippen LogP contribution < -0.4 is 10.6 Å². The quantitative estimate of drug-likeness (QED) is 0.207. The van der Waals surface area contributed by atoms with E-state index in [1.165, 1.54) is 0 Å². The van der Waals surface area contributed by atoms with E-state index in [4.69, 9.17) is 21.1 Å². The number of guanidine groups is 1. The van der Waals surface area contributed by atoms with Gasteiger partial charge in [-0.3, -0.25) is 9.79 Å². The Bertz CT molecular complexity index is 631. The van der Waals surface area contributed by atoms with E-state index in [2.05, 4.69) is 20.5 Å². The van der Waals surface area contributed by atoms with Crippen LogP contribution in [0.4, 0.5) is 5.69 Å². The highest BCUT2D eigenvalue weighted by atomic mass is 127. The van der Waals surface area contributed by atoms with Gasteiger partial charge in [0, 0.05) is 56.8 Å². The minimum Gasteiger partial charge on any atom is -0.382 e. The number of nitrogens with zero attached hydrogens (tertiary/aromatic N) is 2. The number of benzene rings is 1. The number of methoxy groups -OCH3 is 1. The molecule has 1 fully saturated rings. The molecule has 1 amide bonds. The van der Waals surface area contributed by atoms with Crippen molar-refractivity contribution in [2.75, 3.05) is 58.9 Å². The maximum absolute atomic E-state index is 12.0. The summed E-state index contributed by atoms with van der Waals surface area (Å²) in [7, 11) is 3.47. The van der Waals surface area contributed by atoms with Crippen molar-refractivity contribution in [2.45, 2.75) is 19.3 Å². The van der Waals surface area contributed by atoms with Gasteiger partial charge in [0.25, 0.3) is 0 Å². The number of ether oxygens (including phenoxy) is 2. The monoisotopic (exact) mass is 538 g/mol.